The molecule has 0 saturated carbocycles. The highest BCUT2D eigenvalue weighted by Gasteiger charge is 2.38. The molecule has 5 rings (SSSR count). The predicted molar refractivity (Wildman–Crippen MR) is 128 cm³/mol. The number of hydrogen-bond acceptors (Lipinski definition) is 6. The molecule has 188 valence electrons. The number of aromatic amines is 1. The number of halogens is 1. The molecule has 0 unspecified atom stereocenters. The van der Waals surface area contributed by atoms with Crippen molar-refractivity contribution in [3.8, 4) is 5.88 Å². The lowest BCUT2D eigenvalue weighted by molar-refractivity contribution is -0.140. The molecule has 3 aromatic rings. The molecule has 1 atom stereocenters. The number of nitrogens with one attached hydrogen (secondary N) is 1. The fourth-order valence-corrected chi connectivity index (χ4v) is 5.51. The van der Waals surface area contributed by atoms with Crippen molar-refractivity contribution in [3.63, 3.8) is 0 Å². The van der Waals surface area contributed by atoms with E-state index in [0.29, 0.717) is 29.1 Å². The Bertz CT molecular complexity index is 1410. The van der Waals surface area contributed by atoms with E-state index in [1.165, 1.54) is 24.1 Å². The second-order valence-electron chi connectivity index (χ2n) is 10.1. The number of nitrogens with zero attached hydrogens (tertiary/aromatic N) is 2. The maximum absolute atomic E-state index is 15.1. The van der Waals surface area contributed by atoms with E-state index in [2.05, 4.69) is 10.1 Å². The molecule has 0 spiro atoms. The first kappa shape index (κ1) is 24.0. The number of methoxy groups -OCH3 is 1. The van der Waals surface area contributed by atoms with Crippen molar-refractivity contribution in [2.75, 3.05) is 13.7 Å². The van der Waals surface area contributed by atoms with Crippen LogP contribution in [-0.4, -0.2) is 40.4 Å². The van der Waals surface area contributed by atoms with Crippen molar-refractivity contribution in [1.82, 2.24) is 15.0 Å². The van der Waals surface area contributed by atoms with Gasteiger partial charge in [0, 0.05) is 37.1 Å². The lowest BCUT2D eigenvalue weighted by atomic mass is 9.85. The predicted octanol–water partition coefficient (Wildman–Crippen LogP) is 3.21. The monoisotopic (exact) mass is 493 g/mol. The molecule has 1 aliphatic carbocycles. The molecule has 0 fully saturated rings. The molecular weight excluding hydrogens is 465 g/mol. The second-order valence-corrected chi connectivity index (χ2v) is 10.1. The summed E-state index contributed by atoms with van der Waals surface area (Å²) in [6.07, 6.45) is 1.89. The van der Waals surface area contributed by atoms with Crippen LogP contribution in [0.3, 0.4) is 0 Å². The summed E-state index contributed by atoms with van der Waals surface area (Å²) < 4.78 is 25.4. The Balaban J connectivity index is 1.47. The Morgan fingerprint density at radius 2 is 2.03 bits per heavy atom. The average Bonchev–Trinajstić information content (AvgIpc) is 3.39. The molecule has 0 saturated heterocycles. The van der Waals surface area contributed by atoms with Crippen LogP contribution < -0.4 is 10.3 Å². The fourth-order valence-electron chi connectivity index (χ4n) is 5.51. The first-order valence-corrected chi connectivity index (χ1v) is 12.0. The summed E-state index contributed by atoms with van der Waals surface area (Å²) in [4.78, 5) is 44.4. The number of ether oxygens (including phenoxy) is 1. The van der Waals surface area contributed by atoms with Gasteiger partial charge < -0.3 is 14.2 Å². The SMILES string of the molecule is COc1ccc2c(n1)CCN(C(=O)Cc1cc(=O)[nH]o1)[C@H]2C(=O)Cc1cc(F)c2c(c1)CCC2(C)C. The summed E-state index contributed by atoms with van der Waals surface area (Å²) in [5.41, 5.74) is 2.90. The highest BCUT2D eigenvalue weighted by Crippen LogP contribution is 2.41. The van der Waals surface area contributed by atoms with E-state index in [9.17, 15) is 14.4 Å². The molecule has 9 heteroatoms. The Labute approximate surface area is 207 Å². The summed E-state index contributed by atoms with van der Waals surface area (Å²) >= 11 is 0. The average molecular weight is 494 g/mol. The fraction of sp³-hybridized carbons (Fsp3) is 0.407. The minimum absolute atomic E-state index is 0.0240. The van der Waals surface area contributed by atoms with Gasteiger partial charge >= 0.3 is 0 Å². The first-order chi connectivity index (χ1) is 17.2. The van der Waals surface area contributed by atoms with Crippen molar-refractivity contribution < 1.29 is 23.2 Å². The molecule has 2 aromatic heterocycles. The van der Waals surface area contributed by atoms with Gasteiger partial charge in [-0.2, -0.15) is 5.16 Å². The zero-order valence-electron chi connectivity index (χ0n) is 20.5. The highest BCUT2D eigenvalue weighted by molar-refractivity contribution is 5.92. The lowest BCUT2D eigenvalue weighted by Gasteiger charge is -2.36. The van der Waals surface area contributed by atoms with E-state index in [1.807, 2.05) is 19.9 Å². The van der Waals surface area contributed by atoms with E-state index >= 15 is 4.39 Å². The third kappa shape index (κ3) is 4.34. The van der Waals surface area contributed by atoms with Crippen LogP contribution in [-0.2, 0) is 40.7 Å². The van der Waals surface area contributed by atoms with Crippen LogP contribution in [0, 0.1) is 5.82 Å². The second kappa shape index (κ2) is 9.04. The van der Waals surface area contributed by atoms with Crippen molar-refractivity contribution in [2.24, 2.45) is 0 Å². The number of hydrogen-bond donors (Lipinski definition) is 1. The van der Waals surface area contributed by atoms with Crippen LogP contribution in [0.1, 0.15) is 60.0 Å². The number of benzene rings is 1. The zero-order valence-corrected chi connectivity index (χ0v) is 20.5. The molecule has 0 bridgehead atoms. The van der Waals surface area contributed by atoms with Gasteiger partial charge in [-0.05, 0) is 47.1 Å². The summed E-state index contributed by atoms with van der Waals surface area (Å²) in [7, 11) is 1.52. The van der Waals surface area contributed by atoms with Gasteiger partial charge in [0.2, 0.25) is 11.8 Å². The van der Waals surface area contributed by atoms with Crippen LogP contribution >= 0.6 is 0 Å². The summed E-state index contributed by atoms with van der Waals surface area (Å²) in [6.45, 7) is 4.33. The van der Waals surface area contributed by atoms with Crippen LogP contribution in [0.2, 0.25) is 0 Å². The molecule has 1 amide bonds. The van der Waals surface area contributed by atoms with Crippen molar-refractivity contribution in [3.05, 3.63) is 80.2 Å². The number of fused-ring (bicyclic) bond motifs is 2. The summed E-state index contributed by atoms with van der Waals surface area (Å²) in [5.74, 6) is -0.248. The molecule has 1 aliphatic heterocycles. The maximum Gasteiger partial charge on any atom is 0.280 e. The number of Topliss-reactive ketones (excluding diaryl/α,β-unsaturated/α-hetero) is 1. The van der Waals surface area contributed by atoms with E-state index in [-0.39, 0.29) is 48.1 Å². The van der Waals surface area contributed by atoms with Gasteiger partial charge in [-0.15, -0.1) is 0 Å². The maximum atomic E-state index is 15.1. The number of H-pyrrole nitrogens is 1. The van der Waals surface area contributed by atoms with E-state index in [4.69, 9.17) is 9.26 Å². The zero-order chi connectivity index (χ0) is 25.6. The number of ketones is 1. The largest absolute Gasteiger partial charge is 0.481 e. The van der Waals surface area contributed by atoms with Crippen LogP contribution in [0.25, 0.3) is 0 Å². The smallest absolute Gasteiger partial charge is 0.280 e. The molecular formula is C27H28FN3O5. The van der Waals surface area contributed by atoms with Crippen molar-refractivity contribution in [1.29, 1.82) is 0 Å². The molecule has 36 heavy (non-hydrogen) atoms. The van der Waals surface area contributed by atoms with E-state index < -0.39 is 11.6 Å². The number of carbonyl (C=O) groups excluding carboxylic acids is 2. The van der Waals surface area contributed by atoms with Gasteiger partial charge in [0.1, 0.15) is 17.6 Å². The van der Waals surface area contributed by atoms with E-state index in [0.717, 1.165) is 24.0 Å². The molecule has 2 aliphatic rings. The number of pyridine rings is 1. The van der Waals surface area contributed by atoms with Gasteiger partial charge in [0.25, 0.3) is 5.56 Å². The first-order valence-electron chi connectivity index (χ1n) is 12.0. The van der Waals surface area contributed by atoms with Crippen molar-refractivity contribution >= 4 is 11.7 Å². The Kier molecular flexibility index (Phi) is 6.02. The number of rotatable bonds is 6. The Morgan fingerprint density at radius 1 is 1.22 bits per heavy atom. The molecule has 1 N–H and O–H groups in total. The van der Waals surface area contributed by atoms with Crippen LogP contribution in [0.5, 0.6) is 5.88 Å². The lowest BCUT2D eigenvalue weighted by Crippen LogP contribution is -2.45. The van der Waals surface area contributed by atoms with Gasteiger partial charge in [-0.1, -0.05) is 19.9 Å². The van der Waals surface area contributed by atoms with Gasteiger partial charge in [-0.3, -0.25) is 14.4 Å². The number of aromatic nitrogens is 2. The van der Waals surface area contributed by atoms with Gasteiger partial charge in [-0.25, -0.2) is 9.37 Å². The Morgan fingerprint density at radius 3 is 2.75 bits per heavy atom. The topological polar surface area (TPSA) is 106 Å². The number of amides is 1. The Hall–Kier alpha value is -3.75. The normalized spacial score (nSPS) is 18.0. The molecule has 8 nitrogen and oxygen atoms in total. The quantitative estimate of drug-likeness (QED) is 0.565. The number of aryl methyl sites for hydroxylation is 1. The van der Waals surface area contributed by atoms with Crippen LogP contribution in [0.4, 0.5) is 4.39 Å². The van der Waals surface area contributed by atoms with Crippen LogP contribution in [0.15, 0.2) is 39.6 Å². The number of carbonyl (C=O) groups is 2. The minimum atomic E-state index is -0.891. The molecule has 1 aromatic carbocycles. The third-order valence-electron chi connectivity index (χ3n) is 7.22. The third-order valence-corrected chi connectivity index (χ3v) is 7.22. The van der Waals surface area contributed by atoms with Crippen molar-refractivity contribution in [2.45, 2.75) is 57.4 Å². The molecule has 0 radical (unpaired) electrons. The molecule has 3 heterocycles. The standard InChI is InChI=1S/C27H28FN3O5/c1-27(2)8-6-16-10-15(11-19(28)25(16)27)12-21(32)26-18-4-5-23(35-3)29-20(18)7-9-31(26)24(34)14-17-13-22(33)30-36-17/h4-5,10-11,13,26H,6-9,12,14H2,1-3H3,(H,30,33)/t26-/m1/s1. The summed E-state index contributed by atoms with van der Waals surface area (Å²) in [5, 5.41) is 2.18. The van der Waals surface area contributed by atoms with Gasteiger partial charge in [0.15, 0.2) is 5.78 Å². The van der Waals surface area contributed by atoms with E-state index in [1.54, 1.807) is 12.1 Å². The minimum Gasteiger partial charge on any atom is -0.481 e. The summed E-state index contributed by atoms with van der Waals surface area (Å²) in [6, 6.07) is 7.11. The highest BCUT2D eigenvalue weighted by atomic mass is 19.1. The van der Waals surface area contributed by atoms with Gasteiger partial charge in [0.05, 0.1) is 19.2 Å².